The Morgan fingerprint density at radius 1 is 1.11 bits per heavy atom. The second-order valence-corrected chi connectivity index (χ2v) is 12.1. The fourth-order valence-corrected chi connectivity index (χ4v) is 5.92. The fraction of sp³-hybridized carbons (Fsp3) is 0.393. The maximum absolute atomic E-state index is 13.2. The first-order valence-electron chi connectivity index (χ1n) is 12.8. The van der Waals surface area contributed by atoms with E-state index in [1.807, 2.05) is 25.2 Å². The smallest absolute Gasteiger partial charge is 0.281 e. The number of carbonyl (C=O) groups excluding carboxylic acids is 1. The van der Waals surface area contributed by atoms with Gasteiger partial charge < -0.3 is 15.1 Å². The van der Waals surface area contributed by atoms with Gasteiger partial charge in [-0.2, -0.15) is 8.42 Å². The van der Waals surface area contributed by atoms with Crippen molar-refractivity contribution in [1.29, 1.82) is 0 Å². The van der Waals surface area contributed by atoms with Crippen LogP contribution in [0, 0.1) is 5.92 Å². The van der Waals surface area contributed by atoms with E-state index in [9.17, 15) is 13.2 Å². The van der Waals surface area contributed by atoms with E-state index in [0.717, 1.165) is 31.6 Å². The van der Waals surface area contributed by atoms with Crippen LogP contribution in [-0.4, -0.2) is 56.5 Å². The van der Waals surface area contributed by atoms with Crippen LogP contribution in [0.1, 0.15) is 44.0 Å². The van der Waals surface area contributed by atoms with Gasteiger partial charge in [-0.1, -0.05) is 31.2 Å². The van der Waals surface area contributed by atoms with Crippen LogP contribution in [0.15, 0.2) is 71.9 Å². The Kier molecular flexibility index (Phi) is 8.20. The van der Waals surface area contributed by atoms with Gasteiger partial charge in [0, 0.05) is 44.1 Å². The minimum Gasteiger partial charge on any atom is -0.375 e. The molecule has 0 radical (unpaired) electrons. The normalized spacial score (nSPS) is 16.7. The van der Waals surface area contributed by atoms with Crippen LogP contribution >= 0.6 is 0 Å². The highest BCUT2D eigenvalue weighted by atomic mass is 32.2. The largest absolute Gasteiger partial charge is 0.375 e. The molecule has 1 fully saturated rings. The highest BCUT2D eigenvalue weighted by molar-refractivity contribution is 7.90. The molecule has 9 nitrogen and oxygen atoms in total. The minimum absolute atomic E-state index is 0.195. The van der Waals surface area contributed by atoms with Crippen LogP contribution in [0.2, 0.25) is 0 Å². The molecule has 1 aliphatic rings. The van der Waals surface area contributed by atoms with Crippen molar-refractivity contribution in [3.8, 4) is 0 Å². The number of amides is 1. The number of para-hydroxylation sites is 1. The second-order valence-electron chi connectivity index (χ2n) is 10.4. The number of benzene rings is 1. The molecule has 0 spiro atoms. The van der Waals surface area contributed by atoms with E-state index in [0.29, 0.717) is 24.1 Å². The van der Waals surface area contributed by atoms with Gasteiger partial charge in [0.2, 0.25) is 0 Å². The quantitative estimate of drug-likeness (QED) is 0.372. The molecular weight excluding hydrogens is 500 g/mol. The van der Waals surface area contributed by atoms with E-state index in [2.05, 4.69) is 62.7 Å². The number of anilines is 3. The summed E-state index contributed by atoms with van der Waals surface area (Å²) in [7, 11) is -2.17. The van der Waals surface area contributed by atoms with Crippen LogP contribution in [0.25, 0.3) is 0 Å². The molecule has 0 saturated carbocycles. The van der Waals surface area contributed by atoms with Crippen molar-refractivity contribution in [3.63, 3.8) is 0 Å². The van der Waals surface area contributed by atoms with Crippen molar-refractivity contribution in [2.75, 3.05) is 41.8 Å². The van der Waals surface area contributed by atoms with Crippen molar-refractivity contribution < 1.29 is 13.2 Å². The molecule has 1 atom stereocenters. The van der Waals surface area contributed by atoms with Gasteiger partial charge in [0.25, 0.3) is 15.9 Å². The first kappa shape index (κ1) is 27.4. The van der Waals surface area contributed by atoms with Gasteiger partial charge in [-0.25, -0.2) is 14.7 Å². The van der Waals surface area contributed by atoms with Gasteiger partial charge in [-0.15, -0.1) is 0 Å². The topological polar surface area (TPSA) is 108 Å². The molecule has 1 aliphatic heterocycles. The molecule has 1 unspecified atom stereocenters. The Morgan fingerprint density at radius 2 is 1.87 bits per heavy atom. The molecule has 38 heavy (non-hydrogen) atoms. The number of nitrogens with one attached hydrogen (secondary N) is 2. The Hall–Kier alpha value is -3.66. The SMILES string of the molecule is CC1CN(c2ncccc2C(=O)NS(=O)(=O)c2cccc(NCCCN(C)c3ccccc3)n2)C(C)(C)C1. The van der Waals surface area contributed by atoms with Crippen LogP contribution in [0.4, 0.5) is 17.3 Å². The lowest BCUT2D eigenvalue weighted by Crippen LogP contribution is -2.41. The lowest BCUT2D eigenvalue weighted by Gasteiger charge is -2.33. The van der Waals surface area contributed by atoms with Gasteiger partial charge >= 0.3 is 0 Å². The van der Waals surface area contributed by atoms with Gasteiger partial charge in [0.1, 0.15) is 11.6 Å². The molecule has 0 aliphatic carbocycles. The average Bonchev–Trinajstić information content (AvgIpc) is 3.18. The van der Waals surface area contributed by atoms with Crippen molar-refractivity contribution in [2.24, 2.45) is 5.92 Å². The molecule has 1 saturated heterocycles. The summed E-state index contributed by atoms with van der Waals surface area (Å²) in [5.41, 5.74) is 1.16. The molecule has 3 heterocycles. The Bertz CT molecular complexity index is 1360. The summed E-state index contributed by atoms with van der Waals surface area (Å²) in [6.07, 6.45) is 3.40. The highest BCUT2D eigenvalue weighted by Gasteiger charge is 2.39. The molecule has 1 amide bonds. The van der Waals surface area contributed by atoms with E-state index < -0.39 is 15.9 Å². The van der Waals surface area contributed by atoms with Gasteiger partial charge in [0.05, 0.1) is 5.56 Å². The van der Waals surface area contributed by atoms with Gasteiger partial charge in [-0.05, 0) is 69.0 Å². The Labute approximate surface area is 225 Å². The number of pyridine rings is 2. The second kappa shape index (κ2) is 11.4. The predicted octanol–water partition coefficient (Wildman–Crippen LogP) is 4.16. The van der Waals surface area contributed by atoms with E-state index in [-0.39, 0.29) is 16.1 Å². The van der Waals surface area contributed by atoms with E-state index in [4.69, 9.17) is 0 Å². The average molecular weight is 537 g/mol. The molecule has 202 valence electrons. The van der Waals surface area contributed by atoms with E-state index >= 15 is 0 Å². The molecule has 1 aromatic carbocycles. The third-order valence-electron chi connectivity index (χ3n) is 6.76. The summed E-state index contributed by atoms with van der Waals surface area (Å²) in [5, 5.41) is 2.95. The zero-order chi connectivity index (χ0) is 27.3. The summed E-state index contributed by atoms with van der Waals surface area (Å²) >= 11 is 0. The molecule has 10 heteroatoms. The van der Waals surface area contributed by atoms with Crippen molar-refractivity contribution in [3.05, 3.63) is 72.4 Å². The molecule has 4 rings (SSSR count). The van der Waals surface area contributed by atoms with Gasteiger partial charge in [-0.3, -0.25) is 4.79 Å². The summed E-state index contributed by atoms with van der Waals surface area (Å²) < 4.78 is 28.4. The Balaban J connectivity index is 1.40. The van der Waals surface area contributed by atoms with Crippen molar-refractivity contribution >= 4 is 33.3 Å². The minimum atomic E-state index is -4.20. The molecule has 2 N–H and O–H groups in total. The van der Waals surface area contributed by atoms with Crippen molar-refractivity contribution in [2.45, 2.75) is 44.2 Å². The van der Waals surface area contributed by atoms with Crippen LogP contribution in [0.3, 0.4) is 0 Å². The summed E-state index contributed by atoms with van der Waals surface area (Å²) in [6, 6.07) is 18.0. The number of sulfonamides is 1. The third kappa shape index (κ3) is 6.42. The van der Waals surface area contributed by atoms with E-state index in [1.165, 1.54) is 6.07 Å². The highest BCUT2D eigenvalue weighted by Crippen LogP contribution is 2.37. The summed E-state index contributed by atoms with van der Waals surface area (Å²) in [5.74, 6) is 0.619. The maximum Gasteiger partial charge on any atom is 0.281 e. The number of rotatable bonds is 10. The number of aromatic nitrogens is 2. The predicted molar refractivity (Wildman–Crippen MR) is 151 cm³/mol. The van der Waals surface area contributed by atoms with E-state index in [1.54, 1.807) is 30.5 Å². The number of nitrogens with zero attached hydrogens (tertiary/aromatic N) is 4. The lowest BCUT2D eigenvalue weighted by molar-refractivity contribution is 0.0981. The standard InChI is InChI=1S/C28H36N6O3S/c1-21-19-28(2,3)34(20-21)26-23(13-9-16-30-26)27(35)32-38(36,37)25-15-8-14-24(31-25)29-17-10-18-33(4)22-11-6-5-7-12-22/h5-9,11-16,21H,10,17-20H2,1-4H3,(H,29,31)(H,32,35). The van der Waals surface area contributed by atoms with Gasteiger partial charge in [0.15, 0.2) is 5.03 Å². The first-order chi connectivity index (χ1) is 18.1. The fourth-order valence-electron chi connectivity index (χ4n) is 4.99. The van der Waals surface area contributed by atoms with Crippen molar-refractivity contribution in [1.82, 2.24) is 14.7 Å². The zero-order valence-corrected chi connectivity index (χ0v) is 23.2. The first-order valence-corrected chi connectivity index (χ1v) is 14.3. The Morgan fingerprint density at radius 3 is 2.58 bits per heavy atom. The number of hydrogen-bond acceptors (Lipinski definition) is 8. The number of hydrogen-bond donors (Lipinski definition) is 2. The number of carbonyl (C=O) groups is 1. The molecular formula is C28H36N6O3S. The zero-order valence-electron chi connectivity index (χ0n) is 22.4. The summed E-state index contributed by atoms with van der Waals surface area (Å²) in [6.45, 7) is 8.54. The van der Waals surface area contributed by atoms with Crippen LogP contribution in [0.5, 0.6) is 0 Å². The maximum atomic E-state index is 13.2. The summed E-state index contributed by atoms with van der Waals surface area (Å²) in [4.78, 5) is 26.1. The monoisotopic (exact) mass is 536 g/mol. The molecule has 3 aromatic rings. The van der Waals surface area contributed by atoms with Crippen LogP contribution < -0.4 is 19.8 Å². The van der Waals surface area contributed by atoms with Crippen LogP contribution in [-0.2, 0) is 10.0 Å². The lowest BCUT2D eigenvalue weighted by atomic mass is 9.97. The third-order valence-corrected chi connectivity index (χ3v) is 7.99. The molecule has 0 bridgehead atoms. The molecule has 2 aromatic heterocycles.